The summed E-state index contributed by atoms with van der Waals surface area (Å²) in [6.07, 6.45) is 6.62. The molecule has 1 nitrogen and oxygen atoms in total. The Morgan fingerprint density at radius 1 is 0.462 bits per heavy atom. The fourth-order valence-electron chi connectivity index (χ4n) is 8.53. The number of fused-ring (bicyclic) bond motifs is 3. The van der Waals surface area contributed by atoms with Crippen molar-refractivity contribution in [1.82, 2.24) is 0 Å². The predicted molar refractivity (Wildman–Crippen MR) is 224 cm³/mol. The number of hydrogen-bond donors (Lipinski definition) is 0. The summed E-state index contributed by atoms with van der Waals surface area (Å²) >= 11 is 0. The summed E-state index contributed by atoms with van der Waals surface area (Å²) in [7, 11) is 0. The molecular weight excluding hydrogens is 627 g/mol. The van der Waals surface area contributed by atoms with Crippen molar-refractivity contribution in [3.8, 4) is 33.4 Å². The number of anilines is 3. The van der Waals surface area contributed by atoms with Gasteiger partial charge < -0.3 is 4.90 Å². The zero-order chi connectivity index (χ0) is 35.7. The van der Waals surface area contributed by atoms with E-state index in [0.29, 0.717) is 0 Å². The lowest BCUT2D eigenvalue weighted by atomic mass is 9.73. The monoisotopic (exact) mass is 671 g/mol. The third kappa shape index (κ3) is 5.87. The molecule has 0 unspecified atom stereocenters. The van der Waals surface area contributed by atoms with Gasteiger partial charge in [-0.05, 0) is 130 Å². The molecule has 7 aromatic rings. The van der Waals surface area contributed by atoms with Crippen LogP contribution in [0.15, 0.2) is 164 Å². The molecule has 1 aliphatic rings. The van der Waals surface area contributed by atoms with Crippen LogP contribution in [0.1, 0.15) is 60.1 Å². The van der Waals surface area contributed by atoms with E-state index < -0.39 is 0 Å². The Morgan fingerprint density at radius 3 is 1.60 bits per heavy atom. The van der Waals surface area contributed by atoms with Crippen LogP contribution in [-0.4, -0.2) is 0 Å². The van der Waals surface area contributed by atoms with Crippen LogP contribution in [0.3, 0.4) is 0 Å². The zero-order valence-electron chi connectivity index (χ0n) is 30.6. The van der Waals surface area contributed by atoms with Gasteiger partial charge in [-0.3, -0.25) is 0 Å². The van der Waals surface area contributed by atoms with Crippen molar-refractivity contribution in [3.63, 3.8) is 0 Å². The fourth-order valence-corrected chi connectivity index (χ4v) is 8.53. The fraction of sp³-hybridized carbons (Fsp3) is 0.137. The van der Waals surface area contributed by atoms with E-state index >= 15 is 0 Å². The Balaban J connectivity index is 1.10. The lowest BCUT2D eigenvalue weighted by Gasteiger charge is -2.32. The third-order valence-electron chi connectivity index (χ3n) is 11.3. The summed E-state index contributed by atoms with van der Waals surface area (Å²) in [4.78, 5) is 2.38. The minimum absolute atomic E-state index is 0.0464. The summed E-state index contributed by atoms with van der Waals surface area (Å²) in [5.74, 6) is 0. The topological polar surface area (TPSA) is 3.24 Å². The first-order valence-corrected chi connectivity index (χ1v) is 18.6. The quantitative estimate of drug-likeness (QED) is 0.138. The standard InChI is InChI=1S/C51H45N/c1-5-51(6-2)48-34-39(24-23-38-25-28-41(29-26-38)50-36(3)22-31-45(37(50)4)40-16-10-7-11-17-40)27-32-46(48)47-33-30-44(35-49(47)51)52(42-18-12-8-13-19-42)43-20-14-9-15-21-43/h7-35H,5-6H2,1-4H3/b24-23+. The van der Waals surface area contributed by atoms with Crippen molar-refractivity contribution >= 4 is 29.2 Å². The smallest absolute Gasteiger partial charge is 0.0465 e. The van der Waals surface area contributed by atoms with Crippen molar-refractivity contribution in [1.29, 1.82) is 0 Å². The Hall–Kier alpha value is -5.92. The van der Waals surface area contributed by atoms with Crippen LogP contribution < -0.4 is 4.90 Å². The Kier molecular flexibility index (Phi) is 8.95. The maximum absolute atomic E-state index is 2.46. The highest BCUT2D eigenvalue weighted by molar-refractivity contribution is 5.87. The van der Waals surface area contributed by atoms with E-state index in [2.05, 4.69) is 209 Å². The molecule has 0 N–H and O–H groups in total. The van der Waals surface area contributed by atoms with Crippen molar-refractivity contribution < 1.29 is 0 Å². The number of nitrogens with zero attached hydrogens (tertiary/aromatic N) is 1. The molecule has 0 radical (unpaired) electrons. The normalized spacial score (nSPS) is 12.8. The molecule has 52 heavy (non-hydrogen) atoms. The largest absolute Gasteiger partial charge is 0.310 e. The van der Waals surface area contributed by atoms with Crippen LogP contribution in [0.25, 0.3) is 45.5 Å². The van der Waals surface area contributed by atoms with Gasteiger partial charge in [-0.15, -0.1) is 0 Å². The first kappa shape index (κ1) is 33.2. The number of para-hydroxylation sites is 2. The third-order valence-corrected chi connectivity index (χ3v) is 11.3. The molecule has 0 amide bonds. The molecule has 1 aliphatic carbocycles. The van der Waals surface area contributed by atoms with Crippen molar-refractivity contribution in [2.75, 3.05) is 4.90 Å². The molecule has 254 valence electrons. The average molecular weight is 672 g/mol. The second kappa shape index (κ2) is 14.0. The molecule has 0 heterocycles. The minimum Gasteiger partial charge on any atom is -0.310 e. The Morgan fingerprint density at radius 2 is 0.981 bits per heavy atom. The Bertz CT molecular complexity index is 2320. The average Bonchev–Trinajstić information content (AvgIpc) is 3.47. The predicted octanol–water partition coefficient (Wildman–Crippen LogP) is 14.4. The number of benzene rings is 7. The van der Waals surface area contributed by atoms with Gasteiger partial charge in [-0.1, -0.05) is 153 Å². The molecular formula is C51H45N. The highest BCUT2D eigenvalue weighted by Crippen LogP contribution is 2.54. The lowest BCUT2D eigenvalue weighted by Crippen LogP contribution is -2.23. The van der Waals surface area contributed by atoms with E-state index in [1.165, 1.54) is 72.4 Å². The molecule has 0 saturated carbocycles. The molecule has 7 aromatic carbocycles. The minimum atomic E-state index is -0.0464. The second-order valence-corrected chi connectivity index (χ2v) is 14.1. The van der Waals surface area contributed by atoms with E-state index in [9.17, 15) is 0 Å². The SMILES string of the molecule is CCC1(CC)c2cc(/C=C/c3ccc(-c4c(C)ccc(-c5ccccc5)c4C)cc3)ccc2-c2ccc(N(c3ccccc3)c3ccccc3)cc21. The molecule has 1 heteroatoms. The highest BCUT2D eigenvalue weighted by Gasteiger charge is 2.41. The summed E-state index contributed by atoms with van der Waals surface area (Å²) in [6.45, 7) is 9.17. The van der Waals surface area contributed by atoms with Gasteiger partial charge in [0.05, 0.1) is 0 Å². The van der Waals surface area contributed by atoms with Gasteiger partial charge in [0.25, 0.3) is 0 Å². The molecule has 0 spiro atoms. The maximum atomic E-state index is 2.46. The van der Waals surface area contributed by atoms with Gasteiger partial charge in [0.15, 0.2) is 0 Å². The summed E-state index contributed by atoms with van der Waals surface area (Å²) in [5.41, 5.74) is 19.3. The van der Waals surface area contributed by atoms with Gasteiger partial charge >= 0.3 is 0 Å². The highest BCUT2D eigenvalue weighted by atomic mass is 15.1. The summed E-state index contributed by atoms with van der Waals surface area (Å²) in [5, 5.41) is 0. The molecule has 0 fully saturated rings. The van der Waals surface area contributed by atoms with E-state index in [-0.39, 0.29) is 5.41 Å². The molecule has 8 rings (SSSR count). The van der Waals surface area contributed by atoms with Crippen LogP contribution in [-0.2, 0) is 5.41 Å². The molecule has 0 saturated heterocycles. The number of rotatable bonds is 9. The van der Waals surface area contributed by atoms with E-state index in [1.807, 2.05) is 0 Å². The van der Waals surface area contributed by atoms with Gasteiger partial charge in [0, 0.05) is 22.5 Å². The van der Waals surface area contributed by atoms with E-state index in [0.717, 1.165) is 24.2 Å². The number of hydrogen-bond acceptors (Lipinski definition) is 1. The summed E-state index contributed by atoms with van der Waals surface area (Å²) in [6, 6.07) is 59.8. The van der Waals surface area contributed by atoms with Crippen LogP contribution >= 0.6 is 0 Å². The molecule has 0 aliphatic heterocycles. The van der Waals surface area contributed by atoms with Crippen molar-refractivity contribution in [2.45, 2.75) is 46.0 Å². The van der Waals surface area contributed by atoms with Crippen molar-refractivity contribution in [2.24, 2.45) is 0 Å². The van der Waals surface area contributed by atoms with E-state index in [1.54, 1.807) is 0 Å². The maximum Gasteiger partial charge on any atom is 0.0465 e. The zero-order valence-corrected chi connectivity index (χ0v) is 30.6. The first-order chi connectivity index (χ1) is 25.5. The van der Waals surface area contributed by atoms with Crippen LogP contribution in [0.2, 0.25) is 0 Å². The van der Waals surface area contributed by atoms with Crippen LogP contribution in [0.5, 0.6) is 0 Å². The van der Waals surface area contributed by atoms with Gasteiger partial charge in [0.1, 0.15) is 0 Å². The number of aryl methyl sites for hydroxylation is 1. The second-order valence-electron chi connectivity index (χ2n) is 14.1. The molecule has 0 aromatic heterocycles. The Labute approximate surface area is 309 Å². The van der Waals surface area contributed by atoms with Crippen LogP contribution in [0, 0.1) is 13.8 Å². The van der Waals surface area contributed by atoms with Crippen LogP contribution in [0.4, 0.5) is 17.1 Å². The van der Waals surface area contributed by atoms with Gasteiger partial charge in [-0.2, -0.15) is 0 Å². The first-order valence-electron chi connectivity index (χ1n) is 18.6. The lowest BCUT2D eigenvalue weighted by molar-refractivity contribution is 0.490. The molecule has 0 bridgehead atoms. The van der Waals surface area contributed by atoms with Gasteiger partial charge in [-0.25, -0.2) is 0 Å². The summed E-state index contributed by atoms with van der Waals surface area (Å²) < 4.78 is 0. The van der Waals surface area contributed by atoms with Gasteiger partial charge in [0.2, 0.25) is 0 Å². The molecule has 0 atom stereocenters. The van der Waals surface area contributed by atoms with Crippen molar-refractivity contribution in [3.05, 3.63) is 197 Å². The van der Waals surface area contributed by atoms with E-state index in [4.69, 9.17) is 0 Å².